The van der Waals surface area contributed by atoms with Crippen LogP contribution in [0.2, 0.25) is 0 Å². The van der Waals surface area contributed by atoms with Crippen molar-refractivity contribution in [3.05, 3.63) is 71.3 Å². The number of carbonyl (C=O) groups is 1. The van der Waals surface area contributed by atoms with Gasteiger partial charge < -0.3 is 20.3 Å². The standard InChI is InChI=1S/C25H36N4O2.HI/c1-5-29(6-2)24(30)23-15-13-21(14-16-23)19-28-25(26-4)27-17-10-18-31-20(3)22-11-8-7-9-12-22;/h7-9,11-16,20H,5-6,10,17-19H2,1-4H3,(H2,26,27,28);1H. The maximum Gasteiger partial charge on any atom is 0.253 e. The van der Waals surface area contributed by atoms with Crippen LogP contribution in [-0.2, 0) is 11.3 Å². The van der Waals surface area contributed by atoms with Crippen LogP contribution in [0.3, 0.4) is 0 Å². The van der Waals surface area contributed by atoms with Crippen molar-refractivity contribution in [2.24, 2.45) is 4.99 Å². The van der Waals surface area contributed by atoms with Crippen LogP contribution < -0.4 is 10.6 Å². The molecule has 0 aliphatic carbocycles. The predicted octanol–water partition coefficient (Wildman–Crippen LogP) is 4.62. The highest BCUT2D eigenvalue weighted by molar-refractivity contribution is 14.0. The van der Waals surface area contributed by atoms with Gasteiger partial charge in [-0.2, -0.15) is 0 Å². The number of guanidine groups is 1. The summed E-state index contributed by atoms with van der Waals surface area (Å²) in [6.07, 6.45) is 0.982. The molecule has 0 spiro atoms. The number of hydrogen-bond donors (Lipinski definition) is 2. The van der Waals surface area contributed by atoms with E-state index in [4.69, 9.17) is 4.74 Å². The van der Waals surface area contributed by atoms with Crippen molar-refractivity contribution in [1.29, 1.82) is 0 Å². The lowest BCUT2D eigenvalue weighted by atomic mass is 10.1. The molecule has 0 heterocycles. The van der Waals surface area contributed by atoms with Gasteiger partial charge in [-0.05, 0) is 50.5 Å². The first-order chi connectivity index (χ1) is 15.1. The number of carbonyl (C=O) groups excluding carboxylic acids is 1. The third-order valence-electron chi connectivity index (χ3n) is 5.19. The molecule has 1 amide bonds. The van der Waals surface area contributed by atoms with Crippen LogP contribution in [0.15, 0.2) is 59.6 Å². The van der Waals surface area contributed by atoms with Gasteiger partial charge in [-0.3, -0.25) is 9.79 Å². The van der Waals surface area contributed by atoms with Gasteiger partial charge in [-0.1, -0.05) is 42.5 Å². The van der Waals surface area contributed by atoms with E-state index in [-0.39, 0.29) is 36.0 Å². The van der Waals surface area contributed by atoms with Crippen molar-refractivity contribution in [1.82, 2.24) is 15.5 Å². The number of aliphatic imine (C=N–C) groups is 1. The average molecular weight is 553 g/mol. The minimum Gasteiger partial charge on any atom is -0.374 e. The number of benzene rings is 2. The lowest BCUT2D eigenvalue weighted by Crippen LogP contribution is -2.37. The molecule has 7 heteroatoms. The molecule has 0 fully saturated rings. The fourth-order valence-electron chi connectivity index (χ4n) is 3.22. The third-order valence-corrected chi connectivity index (χ3v) is 5.19. The fraction of sp³-hybridized carbons (Fsp3) is 0.440. The van der Waals surface area contributed by atoms with Crippen LogP contribution in [-0.4, -0.2) is 50.1 Å². The van der Waals surface area contributed by atoms with E-state index >= 15 is 0 Å². The second-order valence-corrected chi connectivity index (χ2v) is 7.30. The lowest BCUT2D eigenvalue weighted by Gasteiger charge is -2.18. The summed E-state index contributed by atoms with van der Waals surface area (Å²) >= 11 is 0. The summed E-state index contributed by atoms with van der Waals surface area (Å²) in [7, 11) is 1.76. The Morgan fingerprint density at radius 2 is 1.69 bits per heavy atom. The first-order valence-electron chi connectivity index (χ1n) is 11.1. The van der Waals surface area contributed by atoms with E-state index in [0.29, 0.717) is 13.2 Å². The van der Waals surface area contributed by atoms with Crippen molar-refractivity contribution in [2.75, 3.05) is 33.3 Å². The Kier molecular flexibility index (Phi) is 13.6. The molecule has 6 nitrogen and oxygen atoms in total. The Morgan fingerprint density at radius 3 is 2.28 bits per heavy atom. The number of hydrogen-bond acceptors (Lipinski definition) is 3. The van der Waals surface area contributed by atoms with Crippen molar-refractivity contribution in [2.45, 2.75) is 39.8 Å². The molecule has 0 saturated carbocycles. The molecule has 0 aromatic heterocycles. The third kappa shape index (κ3) is 9.16. The summed E-state index contributed by atoms with van der Waals surface area (Å²) in [6.45, 7) is 9.60. The molecule has 1 atom stereocenters. The maximum atomic E-state index is 12.4. The van der Waals surface area contributed by atoms with E-state index in [2.05, 4.69) is 34.7 Å². The zero-order valence-electron chi connectivity index (χ0n) is 19.6. The normalized spacial score (nSPS) is 11.9. The molecule has 0 saturated heterocycles. The summed E-state index contributed by atoms with van der Waals surface area (Å²) in [5.41, 5.74) is 3.01. The van der Waals surface area contributed by atoms with E-state index in [1.54, 1.807) is 7.05 Å². The van der Waals surface area contributed by atoms with Gasteiger partial charge in [-0.25, -0.2) is 0 Å². The highest BCUT2D eigenvalue weighted by Gasteiger charge is 2.12. The Hall–Kier alpha value is -2.13. The molecule has 1 unspecified atom stereocenters. The first-order valence-corrected chi connectivity index (χ1v) is 11.1. The quantitative estimate of drug-likeness (QED) is 0.185. The monoisotopic (exact) mass is 552 g/mol. The van der Waals surface area contributed by atoms with Crippen molar-refractivity contribution >= 4 is 35.8 Å². The van der Waals surface area contributed by atoms with E-state index in [0.717, 1.165) is 43.1 Å². The van der Waals surface area contributed by atoms with E-state index in [9.17, 15) is 4.79 Å². The average Bonchev–Trinajstić information content (AvgIpc) is 2.82. The molecule has 2 aromatic carbocycles. The second-order valence-electron chi connectivity index (χ2n) is 7.30. The van der Waals surface area contributed by atoms with Gasteiger partial charge in [-0.15, -0.1) is 24.0 Å². The molecular formula is C25H37IN4O2. The highest BCUT2D eigenvalue weighted by atomic mass is 127. The number of nitrogens with one attached hydrogen (secondary N) is 2. The summed E-state index contributed by atoms with van der Waals surface area (Å²) in [5.74, 6) is 0.824. The SMILES string of the molecule is CCN(CC)C(=O)c1ccc(CNC(=NC)NCCCOC(C)c2ccccc2)cc1.I. The smallest absolute Gasteiger partial charge is 0.253 e. The Balaban J connectivity index is 0.00000512. The number of rotatable bonds is 11. The van der Waals surface area contributed by atoms with Crippen LogP contribution in [0.1, 0.15) is 54.8 Å². The number of ether oxygens (including phenoxy) is 1. The summed E-state index contributed by atoms with van der Waals surface area (Å²) < 4.78 is 5.90. The molecule has 0 radical (unpaired) electrons. The Morgan fingerprint density at radius 1 is 1.03 bits per heavy atom. The predicted molar refractivity (Wildman–Crippen MR) is 143 cm³/mol. The zero-order chi connectivity index (χ0) is 22.5. The number of halogens is 1. The maximum absolute atomic E-state index is 12.4. The van der Waals surface area contributed by atoms with E-state index in [1.165, 1.54) is 5.56 Å². The fourth-order valence-corrected chi connectivity index (χ4v) is 3.22. The van der Waals surface area contributed by atoms with E-state index < -0.39 is 0 Å². The minimum absolute atomic E-state index is 0. The van der Waals surface area contributed by atoms with Crippen LogP contribution in [0.5, 0.6) is 0 Å². The topological polar surface area (TPSA) is 66.0 Å². The van der Waals surface area contributed by atoms with Crippen molar-refractivity contribution in [3.63, 3.8) is 0 Å². The number of nitrogens with zero attached hydrogens (tertiary/aromatic N) is 2. The van der Waals surface area contributed by atoms with Gasteiger partial charge >= 0.3 is 0 Å². The van der Waals surface area contributed by atoms with Gasteiger partial charge in [0.15, 0.2) is 5.96 Å². The van der Waals surface area contributed by atoms with Gasteiger partial charge in [0.1, 0.15) is 0 Å². The molecular weight excluding hydrogens is 515 g/mol. The van der Waals surface area contributed by atoms with Crippen LogP contribution in [0, 0.1) is 0 Å². The molecule has 2 aromatic rings. The van der Waals surface area contributed by atoms with Crippen molar-refractivity contribution < 1.29 is 9.53 Å². The van der Waals surface area contributed by atoms with Gasteiger partial charge in [0, 0.05) is 45.4 Å². The van der Waals surface area contributed by atoms with E-state index in [1.807, 2.05) is 61.2 Å². The first kappa shape index (κ1) is 27.9. The van der Waals surface area contributed by atoms with Gasteiger partial charge in [0.05, 0.1) is 6.10 Å². The molecule has 2 N–H and O–H groups in total. The largest absolute Gasteiger partial charge is 0.374 e. The Labute approximate surface area is 209 Å². The van der Waals surface area contributed by atoms with Crippen molar-refractivity contribution in [3.8, 4) is 0 Å². The number of amides is 1. The molecule has 32 heavy (non-hydrogen) atoms. The highest BCUT2D eigenvalue weighted by Crippen LogP contribution is 2.15. The molecule has 2 rings (SSSR count). The van der Waals surface area contributed by atoms with Crippen LogP contribution in [0.25, 0.3) is 0 Å². The Bertz CT molecular complexity index is 808. The van der Waals surface area contributed by atoms with Gasteiger partial charge in [0.2, 0.25) is 0 Å². The summed E-state index contributed by atoms with van der Waals surface area (Å²) in [6, 6.07) is 18.0. The lowest BCUT2D eigenvalue weighted by molar-refractivity contribution is 0.0646. The molecule has 0 bridgehead atoms. The van der Waals surface area contributed by atoms with Crippen LogP contribution >= 0.6 is 24.0 Å². The zero-order valence-corrected chi connectivity index (χ0v) is 22.0. The van der Waals surface area contributed by atoms with Crippen LogP contribution in [0.4, 0.5) is 0 Å². The second kappa shape index (κ2) is 15.6. The molecule has 176 valence electrons. The van der Waals surface area contributed by atoms with Gasteiger partial charge in [0.25, 0.3) is 5.91 Å². The summed E-state index contributed by atoms with van der Waals surface area (Å²) in [4.78, 5) is 18.5. The molecule has 0 aliphatic heterocycles. The summed E-state index contributed by atoms with van der Waals surface area (Å²) in [5, 5.41) is 6.62. The molecule has 0 aliphatic rings. The minimum atomic E-state index is 0.